The van der Waals surface area contributed by atoms with Gasteiger partial charge in [-0.3, -0.25) is 4.90 Å². The first-order valence-corrected chi connectivity index (χ1v) is 8.99. The second-order valence-corrected chi connectivity index (χ2v) is 7.97. The minimum absolute atomic E-state index is 0.162. The minimum Gasteiger partial charge on any atom is -0.380 e. The largest absolute Gasteiger partial charge is 0.380 e. The van der Waals surface area contributed by atoms with E-state index in [1.807, 2.05) is 12.1 Å². The lowest BCUT2D eigenvalue weighted by molar-refractivity contribution is 0.0674. The van der Waals surface area contributed by atoms with E-state index < -0.39 is 9.84 Å². The van der Waals surface area contributed by atoms with Gasteiger partial charge in [0.25, 0.3) is 0 Å². The molecule has 2 aliphatic heterocycles. The number of methoxy groups -OCH3 is 1. The molecule has 0 aromatic heterocycles. The third-order valence-corrected chi connectivity index (χ3v) is 6.70. The van der Waals surface area contributed by atoms with Gasteiger partial charge in [-0.2, -0.15) is 0 Å². The van der Waals surface area contributed by atoms with E-state index in [1.54, 1.807) is 19.2 Å². The van der Waals surface area contributed by atoms with E-state index in [9.17, 15) is 8.42 Å². The number of nitrogens with two attached hydrogens (primary N) is 1. The molecule has 0 spiro atoms. The summed E-state index contributed by atoms with van der Waals surface area (Å²) in [4.78, 5) is 2.76. The van der Waals surface area contributed by atoms with Crippen molar-refractivity contribution in [1.82, 2.24) is 4.90 Å². The van der Waals surface area contributed by atoms with Gasteiger partial charge >= 0.3 is 0 Å². The number of hydrogen-bond acceptors (Lipinski definition) is 5. The molecule has 0 aliphatic carbocycles. The van der Waals surface area contributed by atoms with Crippen molar-refractivity contribution < 1.29 is 13.2 Å². The van der Waals surface area contributed by atoms with Gasteiger partial charge in [0.05, 0.1) is 22.3 Å². The highest BCUT2D eigenvalue weighted by Gasteiger charge is 2.47. The van der Waals surface area contributed by atoms with Crippen LogP contribution in [0.15, 0.2) is 29.2 Å². The molecule has 6 heteroatoms. The lowest BCUT2D eigenvalue weighted by Crippen LogP contribution is -2.54. The van der Waals surface area contributed by atoms with E-state index in [0.717, 1.165) is 25.1 Å². The lowest BCUT2D eigenvalue weighted by atomic mass is 9.85. The molecular formula is C15H22N2O3S. The molecule has 2 N–H and O–H groups in total. The molecule has 2 aliphatic rings. The fourth-order valence-corrected chi connectivity index (χ4v) is 5.35. The third-order valence-electron chi connectivity index (χ3n) is 4.93. The van der Waals surface area contributed by atoms with Crippen molar-refractivity contribution in [3.8, 4) is 0 Å². The van der Waals surface area contributed by atoms with Crippen molar-refractivity contribution >= 4 is 9.84 Å². The number of benzene rings is 1. The average Bonchev–Trinajstić information content (AvgIpc) is 2.98. The Morgan fingerprint density at radius 3 is 2.86 bits per heavy atom. The standard InChI is InChI=1S/C15H22N2O3S/c1-20-12-6-8-17(10-12)15(11-16)7-9-21(18,19)14-5-3-2-4-13(14)15/h2-5,12H,6-11,16H2,1H3. The lowest BCUT2D eigenvalue weighted by Gasteiger charge is -2.45. The first-order chi connectivity index (χ1) is 10.0. The summed E-state index contributed by atoms with van der Waals surface area (Å²) in [5.41, 5.74) is 6.61. The maximum absolute atomic E-state index is 12.3. The van der Waals surface area contributed by atoms with Gasteiger partial charge in [0.1, 0.15) is 0 Å². The summed E-state index contributed by atoms with van der Waals surface area (Å²) in [7, 11) is -1.46. The Labute approximate surface area is 126 Å². The summed E-state index contributed by atoms with van der Waals surface area (Å²) in [5, 5.41) is 0. The van der Waals surface area contributed by atoms with Crippen LogP contribution in [0.3, 0.4) is 0 Å². The first kappa shape index (κ1) is 15.0. The van der Waals surface area contributed by atoms with Crippen LogP contribution >= 0.6 is 0 Å². The van der Waals surface area contributed by atoms with Gasteiger partial charge in [-0.1, -0.05) is 18.2 Å². The topological polar surface area (TPSA) is 72.6 Å². The molecule has 5 nitrogen and oxygen atoms in total. The van der Waals surface area contributed by atoms with Gasteiger partial charge in [0.15, 0.2) is 9.84 Å². The van der Waals surface area contributed by atoms with Gasteiger partial charge in [-0.05, 0) is 24.5 Å². The maximum atomic E-state index is 12.3. The molecule has 0 amide bonds. The van der Waals surface area contributed by atoms with E-state index in [2.05, 4.69) is 4.90 Å². The fourth-order valence-electron chi connectivity index (χ4n) is 3.65. The van der Waals surface area contributed by atoms with Gasteiger partial charge < -0.3 is 10.5 Å². The smallest absolute Gasteiger partial charge is 0.178 e. The monoisotopic (exact) mass is 310 g/mol. The highest BCUT2D eigenvalue weighted by atomic mass is 32.2. The van der Waals surface area contributed by atoms with E-state index in [0.29, 0.717) is 17.9 Å². The van der Waals surface area contributed by atoms with Gasteiger partial charge in [0, 0.05) is 26.7 Å². The fraction of sp³-hybridized carbons (Fsp3) is 0.600. The average molecular weight is 310 g/mol. The van der Waals surface area contributed by atoms with Crippen LogP contribution in [0.5, 0.6) is 0 Å². The van der Waals surface area contributed by atoms with Crippen LogP contribution in [-0.2, 0) is 20.1 Å². The Kier molecular flexibility index (Phi) is 3.81. The number of fused-ring (bicyclic) bond motifs is 1. The molecule has 1 aromatic carbocycles. The molecule has 116 valence electrons. The maximum Gasteiger partial charge on any atom is 0.178 e. The van der Waals surface area contributed by atoms with Crippen molar-refractivity contribution in [2.45, 2.75) is 29.4 Å². The second-order valence-electron chi connectivity index (χ2n) is 5.89. The minimum atomic E-state index is -3.19. The van der Waals surface area contributed by atoms with Crippen LogP contribution in [0.2, 0.25) is 0 Å². The predicted molar refractivity (Wildman–Crippen MR) is 80.8 cm³/mol. The van der Waals surface area contributed by atoms with Crippen molar-refractivity contribution in [3.63, 3.8) is 0 Å². The molecule has 0 radical (unpaired) electrons. The number of likely N-dealkylation sites (tertiary alicyclic amines) is 1. The first-order valence-electron chi connectivity index (χ1n) is 7.34. The van der Waals surface area contributed by atoms with E-state index in [1.165, 1.54) is 0 Å². The number of sulfone groups is 1. The van der Waals surface area contributed by atoms with Crippen molar-refractivity contribution in [2.24, 2.45) is 5.73 Å². The molecule has 0 saturated carbocycles. The highest BCUT2D eigenvalue weighted by molar-refractivity contribution is 7.91. The zero-order chi connectivity index (χ0) is 15.1. The summed E-state index contributed by atoms with van der Waals surface area (Å²) >= 11 is 0. The Morgan fingerprint density at radius 2 is 2.19 bits per heavy atom. The molecule has 2 heterocycles. The molecule has 1 fully saturated rings. The summed E-state index contributed by atoms with van der Waals surface area (Å²) in [6, 6.07) is 7.30. The van der Waals surface area contributed by atoms with Crippen LogP contribution in [0.1, 0.15) is 18.4 Å². The molecule has 1 saturated heterocycles. The Hall–Kier alpha value is -0.950. The molecule has 2 unspecified atom stereocenters. The van der Waals surface area contributed by atoms with E-state index in [4.69, 9.17) is 10.5 Å². The summed E-state index contributed by atoms with van der Waals surface area (Å²) in [5.74, 6) is 0.162. The number of rotatable bonds is 3. The van der Waals surface area contributed by atoms with Crippen LogP contribution in [0, 0.1) is 0 Å². The number of hydrogen-bond donors (Lipinski definition) is 1. The third kappa shape index (κ3) is 2.30. The molecule has 21 heavy (non-hydrogen) atoms. The van der Waals surface area contributed by atoms with Crippen LogP contribution in [-0.4, -0.2) is 51.9 Å². The normalized spacial score (nSPS) is 32.0. The highest BCUT2D eigenvalue weighted by Crippen LogP contribution is 2.42. The summed E-state index contributed by atoms with van der Waals surface area (Å²) < 4.78 is 30.1. The van der Waals surface area contributed by atoms with Gasteiger partial charge in [-0.15, -0.1) is 0 Å². The van der Waals surface area contributed by atoms with E-state index >= 15 is 0 Å². The zero-order valence-corrected chi connectivity index (χ0v) is 13.1. The molecule has 1 aromatic rings. The SMILES string of the molecule is COC1CCN(C2(CN)CCS(=O)(=O)c3ccccc32)C1. The Morgan fingerprint density at radius 1 is 1.43 bits per heavy atom. The van der Waals surface area contributed by atoms with E-state index in [-0.39, 0.29) is 17.4 Å². The molecule has 3 rings (SSSR count). The van der Waals surface area contributed by atoms with Crippen LogP contribution in [0.25, 0.3) is 0 Å². The number of nitrogens with zero attached hydrogens (tertiary/aromatic N) is 1. The quantitative estimate of drug-likeness (QED) is 0.891. The zero-order valence-electron chi connectivity index (χ0n) is 12.3. The Bertz CT molecular complexity index is 632. The van der Waals surface area contributed by atoms with Crippen LogP contribution < -0.4 is 5.73 Å². The van der Waals surface area contributed by atoms with Gasteiger partial charge in [-0.25, -0.2) is 8.42 Å². The molecule has 2 atom stereocenters. The predicted octanol–water partition coefficient (Wildman–Crippen LogP) is 0.739. The molecular weight excluding hydrogens is 288 g/mol. The van der Waals surface area contributed by atoms with Gasteiger partial charge in [0.2, 0.25) is 0 Å². The Balaban J connectivity index is 2.08. The van der Waals surface area contributed by atoms with Crippen molar-refractivity contribution in [2.75, 3.05) is 32.5 Å². The second kappa shape index (κ2) is 5.35. The van der Waals surface area contributed by atoms with Crippen molar-refractivity contribution in [3.05, 3.63) is 29.8 Å². The number of ether oxygens (including phenoxy) is 1. The molecule has 0 bridgehead atoms. The van der Waals surface area contributed by atoms with Crippen LogP contribution in [0.4, 0.5) is 0 Å². The summed E-state index contributed by atoms with van der Waals surface area (Å²) in [6.45, 7) is 2.13. The summed E-state index contributed by atoms with van der Waals surface area (Å²) in [6.07, 6.45) is 1.73. The van der Waals surface area contributed by atoms with Crippen molar-refractivity contribution in [1.29, 1.82) is 0 Å².